The zero-order valence-electron chi connectivity index (χ0n) is 11.5. The zero-order chi connectivity index (χ0) is 13.9. The van der Waals surface area contributed by atoms with Crippen molar-refractivity contribution in [3.8, 4) is 0 Å². The minimum atomic E-state index is -3.25. The molecule has 1 saturated carbocycles. The van der Waals surface area contributed by atoms with Crippen LogP contribution in [-0.2, 0) is 10.0 Å². The summed E-state index contributed by atoms with van der Waals surface area (Å²) in [5, 5.41) is 3.31. The van der Waals surface area contributed by atoms with E-state index in [0.29, 0.717) is 18.2 Å². The number of nitrogens with one attached hydrogen (secondary N) is 2. The van der Waals surface area contributed by atoms with E-state index in [-0.39, 0.29) is 11.8 Å². The first-order valence-electron chi connectivity index (χ1n) is 6.76. The highest BCUT2D eigenvalue weighted by molar-refractivity contribution is 7.89. The van der Waals surface area contributed by atoms with E-state index in [4.69, 9.17) is 4.42 Å². The summed E-state index contributed by atoms with van der Waals surface area (Å²) in [7, 11) is -3.25. The van der Waals surface area contributed by atoms with Gasteiger partial charge in [0.2, 0.25) is 10.0 Å². The molecule has 1 aliphatic carbocycles. The number of furan rings is 1. The Bertz CT molecular complexity index is 506. The second-order valence-corrected chi connectivity index (χ2v) is 7.06. The van der Waals surface area contributed by atoms with Crippen LogP contribution in [-0.4, -0.2) is 26.8 Å². The molecule has 0 radical (unpaired) electrons. The minimum absolute atomic E-state index is 0.150. The van der Waals surface area contributed by atoms with E-state index in [1.807, 2.05) is 13.0 Å². The van der Waals surface area contributed by atoms with E-state index in [2.05, 4.69) is 10.0 Å². The quantitative estimate of drug-likeness (QED) is 0.714. The van der Waals surface area contributed by atoms with Crippen molar-refractivity contribution in [2.45, 2.75) is 45.2 Å². The van der Waals surface area contributed by atoms with Gasteiger partial charge in [0.1, 0.15) is 11.5 Å². The van der Waals surface area contributed by atoms with Crippen LogP contribution < -0.4 is 10.0 Å². The van der Waals surface area contributed by atoms with Crippen LogP contribution in [0.4, 0.5) is 0 Å². The van der Waals surface area contributed by atoms with Crippen molar-refractivity contribution in [2.75, 3.05) is 12.3 Å². The van der Waals surface area contributed by atoms with Gasteiger partial charge in [-0.3, -0.25) is 0 Å². The van der Waals surface area contributed by atoms with Gasteiger partial charge in [-0.1, -0.05) is 0 Å². The average molecular weight is 286 g/mol. The number of rotatable bonds is 8. The molecule has 0 saturated heterocycles. The number of hydrogen-bond donors (Lipinski definition) is 2. The van der Waals surface area contributed by atoms with E-state index < -0.39 is 10.0 Å². The molecule has 1 atom stereocenters. The zero-order valence-corrected chi connectivity index (χ0v) is 12.3. The molecule has 0 bridgehead atoms. The van der Waals surface area contributed by atoms with Crippen molar-refractivity contribution >= 4 is 10.0 Å². The Labute approximate surface area is 114 Å². The molecule has 2 rings (SSSR count). The van der Waals surface area contributed by atoms with Crippen LogP contribution in [0.3, 0.4) is 0 Å². The molecule has 6 heteroatoms. The van der Waals surface area contributed by atoms with Gasteiger partial charge in [-0.15, -0.1) is 0 Å². The molecule has 0 spiro atoms. The molecule has 0 amide bonds. The van der Waals surface area contributed by atoms with Crippen LogP contribution in [0, 0.1) is 6.92 Å². The van der Waals surface area contributed by atoms with Gasteiger partial charge in [-0.05, 0) is 51.8 Å². The summed E-state index contributed by atoms with van der Waals surface area (Å²) in [5.41, 5.74) is 0. The van der Waals surface area contributed by atoms with Crippen molar-refractivity contribution < 1.29 is 12.8 Å². The standard InChI is InChI=1S/C13H22N2O3S/c1-10-4-7-13(18-10)11(2)15-19(16,17)9-3-8-14-12-5-6-12/h4,7,11-12,14-15H,3,5-6,8-9H2,1-2H3. The third-order valence-corrected chi connectivity index (χ3v) is 4.68. The smallest absolute Gasteiger partial charge is 0.212 e. The van der Waals surface area contributed by atoms with Gasteiger partial charge < -0.3 is 9.73 Å². The number of aryl methyl sites for hydroxylation is 1. The Kier molecular flexibility index (Phi) is 4.65. The molecule has 1 fully saturated rings. The number of hydrogen-bond acceptors (Lipinski definition) is 4. The van der Waals surface area contributed by atoms with Crippen LogP contribution in [0.15, 0.2) is 16.5 Å². The predicted octanol–water partition coefficient (Wildman–Crippen LogP) is 1.71. The van der Waals surface area contributed by atoms with Crippen LogP contribution >= 0.6 is 0 Å². The van der Waals surface area contributed by atoms with Gasteiger partial charge in [0.25, 0.3) is 0 Å². The minimum Gasteiger partial charge on any atom is -0.465 e. The Balaban J connectivity index is 1.75. The molecular formula is C13H22N2O3S. The lowest BCUT2D eigenvalue weighted by Gasteiger charge is -2.12. The van der Waals surface area contributed by atoms with Gasteiger partial charge in [-0.2, -0.15) is 0 Å². The van der Waals surface area contributed by atoms with Crippen LogP contribution in [0.2, 0.25) is 0 Å². The molecule has 19 heavy (non-hydrogen) atoms. The lowest BCUT2D eigenvalue weighted by molar-refractivity contribution is 0.441. The highest BCUT2D eigenvalue weighted by atomic mass is 32.2. The van der Waals surface area contributed by atoms with E-state index in [1.54, 1.807) is 13.0 Å². The normalized spacial score (nSPS) is 17.6. The fraction of sp³-hybridized carbons (Fsp3) is 0.692. The SMILES string of the molecule is Cc1ccc(C(C)NS(=O)(=O)CCCNC2CC2)o1. The fourth-order valence-electron chi connectivity index (χ4n) is 1.93. The summed E-state index contributed by atoms with van der Waals surface area (Å²) >= 11 is 0. The highest BCUT2D eigenvalue weighted by Gasteiger charge is 2.21. The predicted molar refractivity (Wildman–Crippen MR) is 74.4 cm³/mol. The maximum Gasteiger partial charge on any atom is 0.212 e. The van der Waals surface area contributed by atoms with E-state index >= 15 is 0 Å². The lowest BCUT2D eigenvalue weighted by atomic mass is 10.3. The van der Waals surface area contributed by atoms with Crippen molar-refractivity contribution in [3.05, 3.63) is 23.7 Å². The molecule has 1 aromatic rings. The second-order valence-electron chi connectivity index (χ2n) is 5.19. The first-order valence-corrected chi connectivity index (χ1v) is 8.41. The summed E-state index contributed by atoms with van der Waals surface area (Å²) in [5.74, 6) is 1.59. The summed E-state index contributed by atoms with van der Waals surface area (Å²) in [6, 6.07) is 3.94. The third kappa shape index (κ3) is 4.97. The second kappa shape index (κ2) is 6.07. The third-order valence-electron chi connectivity index (χ3n) is 3.14. The monoisotopic (exact) mass is 286 g/mol. The molecule has 1 heterocycles. The highest BCUT2D eigenvalue weighted by Crippen LogP contribution is 2.18. The van der Waals surface area contributed by atoms with Gasteiger partial charge >= 0.3 is 0 Å². The summed E-state index contributed by atoms with van der Waals surface area (Å²) < 4.78 is 31.9. The van der Waals surface area contributed by atoms with Crippen LogP contribution in [0.25, 0.3) is 0 Å². The fourth-order valence-corrected chi connectivity index (χ4v) is 3.23. The Hall–Kier alpha value is -0.850. The molecule has 1 aliphatic rings. The molecule has 0 aliphatic heterocycles. The Morgan fingerprint density at radius 1 is 1.42 bits per heavy atom. The maximum atomic E-state index is 11.9. The Morgan fingerprint density at radius 3 is 2.74 bits per heavy atom. The van der Waals surface area contributed by atoms with E-state index in [9.17, 15) is 8.42 Å². The largest absolute Gasteiger partial charge is 0.465 e. The number of sulfonamides is 1. The molecule has 1 unspecified atom stereocenters. The summed E-state index contributed by atoms with van der Waals surface area (Å²) in [4.78, 5) is 0. The average Bonchev–Trinajstić information content (AvgIpc) is 3.05. The summed E-state index contributed by atoms with van der Waals surface area (Å²) in [6.45, 7) is 4.40. The van der Waals surface area contributed by atoms with E-state index in [0.717, 1.165) is 12.3 Å². The first kappa shape index (κ1) is 14.6. The van der Waals surface area contributed by atoms with Gasteiger partial charge in [0.05, 0.1) is 11.8 Å². The Morgan fingerprint density at radius 2 is 2.16 bits per heavy atom. The van der Waals surface area contributed by atoms with Crippen LogP contribution in [0.1, 0.15) is 43.7 Å². The molecule has 1 aromatic heterocycles. The molecule has 5 nitrogen and oxygen atoms in total. The molecule has 0 aromatic carbocycles. The first-order chi connectivity index (χ1) is 8.96. The van der Waals surface area contributed by atoms with Crippen LogP contribution in [0.5, 0.6) is 0 Å². The topological polar surface area (TPSA) is 71.3 Å². The lowest BCUT2D eigenvalue weighted by Crippen LogP contribution is -2.30. The van der Waals surface area contributed by atoms with Crippen molar-refractivity contribution in [3.63, 3.8) is 0 Å². The van der Waals surface area contributed by atoms with Gasteiger partial charge in [0, 0.05) is 6.04 Å². The van der Waals surface area contributed by atoms with Crippen molar-refractivity contribution in [1.29, 1.82) is 0 Å². The molecular weight excluding hydrogens is 264 g/mol. The van der Waals surface area contributed by atoms with Gasteiger partial charge in [0.15, 0.2) is 0 Å². The van der Waals surface area contributed by atoms with Gasteiger partial charge in [-0.25, -0.2) is 13.1 Å². The van der Waals surface area contributed by atoms with E-state index in [1.165, 1.54) is 12.8 Å². The maximum absolute atomic E-state index is 11.9. The van der Waals surface area contributed by atoms with Crippen molar-refractivity contribution in [2.24, 2.45) is 0 Å². The molecule has 108 valence electrons. The summed E-state index contributed by atoms with van der Waals surface area (Å²) in [6.07, 6.45) is 3.08. The van der Waals surface area contributed by atoms with Crippen molar-refractivity contribution in [1.82, 2.24) is 10.0 Å². The molecule has 2 N–H and O–H groups in total.